The summed E-state index contributed by atoms with van der Waals surface area (Å²) in [6.07, 6.45) is 53.3. The Morgan fingerprint density at radius 2 is 0.792 bits per heavy atom. The molecule has 0 spiro atoms. The predicted molar refractivity (Wildman–Crippen MR) is 314 cm³/mol. The molecule has 6 rings (SSSR count). The van der Waals surface area contributed by atoms with Crippen molar-refractivity contribution in [2.24, 2.45) is 5.41 Å². The Morgan fingerprint density at radius 1 is 0.389 bits per heavy atom. The minimum Gasteiger partial charge on any atom is -0.265 e. The number of aryl methyl sites for hydroxylation is 3. The topological polar surface area (TPSA) is 64.5 Å². The molecule has 0 amide bonds. The summed E-state index contributed by atoms with van der Waals surface area (Å²) in [6.45, 7) is 18.1. The Hall–Kier alpha value is -4.25. The number of hydrogen-bond donors (Lipinski definition) is 0. The van der Waals surface area contributed by atoms with Crippen LogP contribution in [0.5, 0.6) is 0 Å². The maximum absolute atomic E-state index is 4.47. The van der Waals surface area contributed by atoms with Gasteiger partial charge in [-0.2, -0.15) is 0 Å². The van der Waals surface area contributed by atoms with Gasteiger partial charge in [0.2, 0.25) is 0 Å². The lowest BCUT2D eigenvalue weighted by Crippen LogP contribution is -2.25. The number of hydrogen-bond acceptors (Lipinski definition) is 5. The Balaban J connectivity index is 0.000000308. The van der Waals surface area contributed by atoms with Gasteiger partial charge in [-0.3, -0.25) is 24.9 Å². The molecule has 1 aliphatic carbocycles. The van der Waals surface area contributed by atoms with E-state index in [1.807, 2.05) is 61.4 Å². The summed E-state index contributed by atoms with van der Waals surface area (Å²) >= 11 is 0. The molecule has 0 atom stereocenters. The average Bonchev–Trinajstić information content (AvgIpc) is 3.38. The minimum atomic E-state index is 0.166. The van der Waals surface area contributed by atoms with E-state index in [0.717, 1.165) is 25.2 Å². The number of rotatable bonds is 26. The maximum Gasteiger partial charge on any atom is 0.0459 e. The zero-order valence-corrected chi connectivity index (χ0v) is 47.8. The molecule has 0 bridgehead atoms. The number of pyridine rings is 5. The fourth-order valence-corrected chi connectivity index (χ4v) is 9.83. The zero-order chi connectivity index (χ0) is 52.1. The van der Waals surface area contributed by atoms with Gasteiger partial charge < -0.3 is 0 Å². The van der Waals surface area contributed by atoms with Gasteiger partial charge in [0, 0.05) is 71.3 Å². The van der Waals surface area contributed by atoms with Crippen molar-refractivity contribution in [1.82, 2.24) is 24.9 Å². The van der Waals surface area contributed by atoms with Gasteiger partial charge >= 0.3 is 0 Å². The maximum atomic E-state index is 4.47. The predicted octanol–water partition coefficient (Wildman–Crippen LogP) is 20.4. The van der Waals surface area contributed by atoms with Gasteiger partial charge in [0.1, 0.15) is 0 Å². The number of nitrogens with zero attached hydrogens (tertiary/aromatic N) is 5. The Bertz CT molecular complexity index is 1800. The third-order valence-electron chi connectivity index (χ3n) is 13.6. The first-order valence-electron chi connectivity index (χ1n) is 29.6. The molecule has 5 nitrogen and oxygen atoms in total. The van der Waals surface area contributed by atoms with Crippen LogP contribution in [0.25, 0.3) is 0 Å². The van der Waals surface area contributed by atoms with Gasteiger partial charge in [-0.05, 0) is 129 Å². The van der Waals surface area contributed by atoms with E-state index in [9.17, 15) is 0 Å². The molecule has 0 radical (unpaired) electrons. The lowest BCUT2D eigenvalue weighted by atomic mass is 9.74. The first-order valence-corrected chi connectivity index (χ1v) is 29.6. The molecule has 0 aliphatic heterocycles. The molecule has 1 fully saturated rings. The van der Waals surface area contributed by atoms with Gasteiger partial charge in [-0.1, -0.05) is 221 Å². The van der Waals surface area contributed by atoms with E-state index in [0.29, 0.717) is 5.41 Å². The molecule has 5 aromatic heterocycles. The van der Waals surface area contributed by atoms with Gasteiger partial charge in [0.25, 0.3) is 0 Å². The Kier molecular flexibility index (Phi) is 38.3. The van der Waals surface area contributed by atoms with Crippen LogP contribution in [-0.2, 0) is 24.7 Å². The largest absolute Gasteiger partial charge is 0.265 e. The van der Waals surface area contributed by atoms with Crippen molar-refractivity contribution in [2.45, 2.75) is 266 Å². The van der Waals surface area contributed by atoms with Crippen LogP contribution in [0.4, 0.5) is 0 Å². The highest BCUT2D eigenvalue weighted by atomic mass is 14.7. The normalized spacial score (nSPS) is 12.8. The number of aromatic nitrogens is 5. The van der Waals surface area contributed by atoms with Crippen LogP contribution in [0.2, 0.25) is 0 Å². The van der Waals surface area contributed by atoms with Crippen LogP contribution in [0, 0.1) is 5.41 Å². The molecule has 72 heavy (non-hydrogen) atoms. The standard InChI is InChI=1S/2C14H23N.C13H19N.2C13H21N/c1-2-3-4-5-6-7-8-11-14-12-9-10-13-15-14;1-2-3-4-5-6-7-8-9-14-10-12-15-13-11-14;1-2-4-8-12(9-5-3-1)13-10-6-7-11-14-13;1-12(2,3)10-13(4,5)11-8-6-7-9-14-11;1-2-3-4-5-6-7-10-13-11-8-9-12-14-13/h9-10,12-13H,2-8,11H2,1H3;10-13H,2-9H2,1H3;6-7,10-12H,1-5,8-9H2;6-9H,10H2,1-5H3;8-9,11-12H,2-7,10H2,1H3. The lowest BCUT2D eigenvalue weighted by Gasteiger charge is -2.31. The van der Waals surface area contributed by atoms with Crippen LogP contribution in [0.1, 0.15) is 269 Å². The van der Waals surface area contributed by atoms with Crippen LogP contribution in [-0.4, -0.2) is 24.9 Å². The van der Waals surface area contributed by atoms with E-state index in [1.54, 1.807) is 0 Å². The van der Waals surface area contributed by atoms with Gasteiger partial charge in [0.05, 0.1) is 0 Å². The molecule has 5 heterocycles. The molecule has 5 heteroatoms. The van der Waals surface area contributed by atoms with E-state index in [1.165, 1.54) is 208 Å². The van der Waals surface area contributed by atoms with Crippen molar-refractivity contribution in [1.29, 1.82) is 0 Å². The molecule has 0 unspecified atom stereocenters. The molecule has 400 valence electrons. The zero-order valence-electron chi connectivity index (χ0n) is 47.8. The smallest absolute Gasteiger partial charge is 0.0459 e. The quantitative estimate of drug-likeness (QED) is 0.0517. The van der Waals surface area contributed by atoms with Crippen molar-refractivity contribution < 1.29 is 0 Å². The lowest BCUT2D eigenvalue weighted by molar-refractivity contribution is 0.280. The number of unbranched alkanes of at least 4 members (excludes halogenated alkanes) is 17. The fourth-order valence-electron chi connectivity index (χ4n) is 9.83. The molecular weight excluding hydrogens is 875 g/mol. The van der Waals surface area contributed by atoms with Crippen molar-refractivity contribution in [3.05, 3.63) is 150 Å². The third-order valence-corrected chi connectivity index (χ3v) is 13.6. The van der Waals surface area contributed by atoms with E-state index in [-0.39, 0.29) is 5.41 Å². The highest BCUT2D eigenvalue weighted by molar-refractivity contribution is 5.15. The summed E-state index contributed by atoms with van der Waals surface area (Å²) in [4.78, 5) is 21.6. The minimum absolute atomic E-state index is 0.166. The summed E-state index contributed by atoms with van der Waals surface area (Å²) in [5.41, 5.74) is 6.93. The molecule has 0 N–H and O–H groups in total. The highest BCUT2D eigenvalue weighted by Gasteiger charge is 2.28. The fraction of sp³-hybridized carbons (Fsp3) is 0.627. The Labute approximate surface area is 444 Å². The Morgan fingerprint density at radius 3 is 1.19 bits per heavy atom. The van der Waals surface area contributed by atoms with Crippen molar-refractivity contribution in [2.75, 3.05) is 0 Å². The van der Waals surface area contributed by atoms with Crippen LogP contribution in [0.3, 0.4) is 0 Å². The van der Waals surface area contributed by atoms with Gasteiger partial charge in [-0.15, -0.1) is 0 Å². The second-order valence-electron chi connectivity index (χ2n) is 22.4. The van der Waals surface area contributed by atoms with Crippen LogP contribution >= 0.6 is 0 Å². The first kappa shape index (κ1) is 63.9. The monoisotopic (exact) mass is 982 g/mol. The van der Waals surface area contributed by atoms with E-state index < -0.39 is 0 Å². The second-order valence-corrected chi connectivity index (χ2v) is 22.4. The molecule has 1 saturated carbocycles. The van der Waals surface area contributed by atoms with E-state index >= 15 is 0 Å². The SMILES string of the molecule is CC(C)(C)CC(C)(C)c1ccccn1.CCCCCCCCCc1ccccn1.CCCCCCCCCc1ccncc1.CCCCCCCCc1ccccn1.c1ccc(C2CCCCCCC2)nc1. The molecular formula is C67H107N5. The molecule has 1 aliphatic rings. The molecule has 5 aromatic rings. The van der Waals surface area contributed by atoms with Crippen LogP contribution < -0.4 is 0 Å². The summed E-state index contributed by atoms with van der Waals surface area (Å²) in [5, 5.41) is 0. The van der Waals surface area contributed by atoms with Gasteiger partial charge in [0.15, 0.2) is 0 Å². The summed E-state index contributed by atoms with van der Waals surface area (Å²) in [5.74, 6) is 0.733. The van der Waals surface area contributed by atoms with E-state index in [2.05, 4.69) is 141 Å². The van der Waals surface area contributed by atoms with E-state index in [4.69, 9.17) is 0 Å². The summed E-state index contributed by atoms with van der Waals surface area (Å²) in [6, 6.07) is 29.0. The first-order chi connectivity index (χ1) is 35.1. The van der Waals surface area contributed by atoms with Crippen molar-refractivity contribution in [3.63, 3.8) is 0 Å². The van der Waals surface area contributed by atoms with Crippen molar-refractivity contribution in [3.8, 4) is 0 Å². The van der Waals surface area contributed by atoms with Crippen molar-refractivity contribution >= 4 is 0 Å². The van der Waals surface area contributed by atoms with Crippen LogP contribution in [0.15, 0.2) is 122 Å². The third kappa shape index (κ3) is 35.8. The molecule has 0 saturated heterocycles. The highest BCUT2D eigenvalue weighted by Crippen LogP contribution is 2.35. The summed E-state index contributed by atoms with van der Waals surface area (Å²) < 4.78 is 0. The second kappa shape index (κ2) is 43.2. The summed E-state index contributed by atoms with van der Waals surface area (Å²) in [7, 11) is 0. The average molecular weight is 983 g/mol. The van der Waals surface area contributed by atoms with Gasteiger partial charge in [-0.25, -0.2) is 0 Å². The molecule has 0 aromatic carbocycles.